The Kier molecular flexibility index (Phi) is 5.81. The first kappa shape index (κ1) is 21.4. The molecule has 1 N–H and O–H groups in total. The second kappa shape index (κ2) is 8.70. The molecule has 0 aliphatic carbocycles. The van der Waals surface area contributed by atoms with Crippen molar-refractivity contribution in [3.05, 3.63) is 71.4 Å². The van der Waals surface area contributed by atoms with E-state index < -0.39 is 0 Å². The molecular weight excluding hydrogens is 404 g/mol. The fourth-order valence-electron chi connectivity index (χ4n) is 3.86. The molecule has 1 unspecified atom stereocenters. The van der Waals surface area contributed by atoms with Gasteiger partial charge in [0, 0.05) is 12.6 Å². The third kappa shape index (κ3) is 3.89. The zero-order valence-corrected chi connectivity index (χ0v) is 18.8. The standard InChI is InChI=1S/C25H26N4O3/c1-15(18-11-12-21(31-4)22(13-18)32-5)26-25(30)19-14-20(17-9-7-6-8-10-17)27-24-23(19)16(2)28-29(24)3/h6-15H,1-5H3,(H,26,30). The minimum absolute atomic E-state index is 0.187. The summed E-state index contributed by atoms with van der Waals surface area (Å²) in [5, 5.41) is 8.35. The van der Waals surface area contributed by atoms with E-state index in [9.17, 15) is 4.79 Å². The molecule has 2 heterocycles. The zero-order chi connectivity index (χ0) is 22.8. The maximum atomic E-state index is 13.4. The molecule has 0 radical (unpaired) electrons. The first-order valence-electron chi connectivity index (χ1n) is 10.4. The molecule has 1 amide bonds. The molecule has 0 saturated carbocycles. The van der Waals surface area contributed by atoms with Crippen LogP contribution in [0, 0.1) is 6.92 Å². The summed E-state index contributed by atoms with van der Waals surface area (Å²) in [6, 6.07) is 17.0. The second-order valence-corrected chi connectivity index (χ2v) is 7.64. The van der Waals surface area contributed by atoms with Gasteiger partial charge in [-0.3, -0.25) is 9.48 Å². The lowest BCUT2D eigenvalue weighted by atomic mass is 10.0. The van der Waals surface area contributed by atoms with Gasteiger partial charge in [-0.25, -0.2) is 4.98 Å². The number of rotatable bonds is 6. The van der Waals surface area contributed by atoms with Crippen LogP contribution >= 0.6 is 0 Å². The minimum Gasteiger partial charge on any atom is -0.493 e. The summed E-state index contributed by atoms with van der Waals surface area (Å²) < 4.78 is 12.4. The lowest BCUT2D eigenvalue weighted by molar-refractivity contribution is 0.0941. The Bertz CT molecular complexity index is 1280. The summed E-state index contributed by atoms with van der Waals surface area (Å²) in [6.07, 6.45) is 0. The molecular formula is C25H26N4O3. The van der Waals surface area contributed by atoms with E-state index in [1.54, 1.807) is 18.9 Å². The van der Waals surface area contributed by atoms with Gasteiger partial charge < -0.3 is 14.8 Å². The Balaban J connectivity index is 1.73. The molecule has 2 aromatic heterocycles. The lowest BCUT2D eigenvalue weighted by Crippen LogP contribution is -2.27. The van der Waals surface area contributed by atoms with Crippen LogP contribution < -0.4 is 14.8 Å². The molecule has 1 atom stereocenters. The van der Waals surface area contributed by atoms with Crippen molar-refractivity contribution in [3.63, 3.8) is 0 Å². The van der Waals surface area contributed by atoms with Gasteiger partial charge >= 0.3 is 0 Å². The number of nitrogens with zero attached hydrogens (tertiary/aromatic N) is 3. The normalized spacial score (nSPS) is 11.9. The van der Waals surface area contributed by atoms with E-state index in [-0.39, 0.29) is 11.9 Å². The predicted molar refractivity (Wildman–Crippen MR) is 124 cm³/mol. The average molecular weight is 431 g/mol. The van der Waals surface area contributed by atoms with Crippen LogP contribution in [0.15, 0.2) is 54.6 Å². The van der Waals surface area contributed by atoms with Crippen LogP contribution in [-0.4, -0.2) is 34.9 Å². The van der Waals surface area contributed by atoms with Gasteiger partial charge in [0.1, 0.15) is 0 Å². The van der Waals surface area contributed by atoms with Crippen molar-refractivity contribution >= 4 is 16.9 Å². The molecule has 7 nitrogen and oxygen atoms in total. The third-order valence-corrected chi connectivity index (χ3v) is 5.54. The number of hydrogen-bond donors (Lipinski definition) is 1. The van der Waals surface area contributed by atoms with Crippen molar-refractivity contribution in [1.82, 2.24) is 20.1 Å². The van der Waals surface area contributed by atoms with Crippen LogP contribution in [0.3, 0.4) is 0 Å². The molecule has 32 heavy (non-hydrogen) atoms. The molecule has 4 aromatic rings. The number of aryl methyl sites for hydroxylation is 2. The van der Waals surface area contributed by atoms with Crippen molar-refractivity contribution in [1.29, 1.82) is 0 Å². The van der Waals surface area contributed by atoms with Crippen molar-refractivity contribution in [2.24, 2.45) is 7.05 Å². The van der Waals surface area contributed by atoms with E-state index in [1.807, 2.05) is 75.5 Å². The fraction of sp³-hybridized carbons (Fsp3) is 0.240. The number of aromatic nitrogens is 3. The first-order chi connectivity index (χ1) is 15.4. The number of nitrogens with one attached hydrogen (secondary N) is 1. The smallest absolute Gasteiger partial charge is 0.252 e. The molecule has 0 fully saturated rings. The molecule has 2 aromatic carbocycles. The highest BCUT2D eigenvalue weighted by molar-refractivity contribution is 6.07. The number of benzene rings is 2. The second-order valence-electron chi connectivity index (χ2n) is 7.64. The van der Waals surface area contributed by atoms with Crippen molar-refractivity contribution < 1.29 is 14.3 Å². The van der Waals surface area contributed by atoms with E-state index in [0.29, 0.717) is 22.7 Å². The maximum Gasteiger partial charge on any atom is 0.252 e. The Morgan fingerprint density at radius 3 is 2.44 bits per heavy atom. The van der Waals surface area contributed by atoms with Gasteiger partial charge in [-0.2, -0.15) is 5.10 Å². The molecule has 0 aliphatic heterocycles. The summed E-state index contributed by atoms with van der Waals surface area (Å²) in [4.78, 5) is 18.2. The Hall–Kier alpha value is -3.87. The van der Waals surface area contributed by atoms with Gasteiger partial charge in [0.15, 0.2) is 17.1 Å². The van der Waals surface area contributed by atoms with E-state index in [1.165, 1.54) is 0 Å². The predicted octanol–water partition coefficient (Wildman–Crippen LogP) is 4.45. The summed E-state index contributed by atoms with van der Waals surface area (Å²) >= 11 is 0. The van der Waals surface area contributed by atoms with Crippen molar-refractivity contribution in [2.75, 3.05) is 14.2 Å². The number of hydrogen-bond acceptors (Lipinski definition) is 5. The topological polar surface area (TPSA) is 78.3 Å². The van der Waals surface area contributed by atoms with Crippen LogP contribution in [0.25, 0.3) is 22.3 Å². The number of carbonyl (C=O) groups excluding carboxylic acids is 1. The van der Waals surface area contributed by atoms with Gasteiger partial charge in [0.05, 0.1) is 42.6 Å². The third-order valence-electron chi connectivity index (χ3n) is 5.54. The van der Waals surface area contributed by atoms with Gasteiger partial charge in [-0.15, -0.1) is 0 Å². The quantitative estimate of drug-likeness (QED) is 0.489. The highest BCUT2D eigenvalue weighted by Gasteiger charge is 2.21. The molecule has 164 valence electrons. The van der Waals surface area contributed by atoms with Gasteiger partial charge in [-0.1, -0.05) is 36.4 Å². The SMILES string of the molecule is COc1ccc(C(C)NC(=O)c2cc(-c3ccccc3)nc3c2c(C)nn3C)cc1OC. The molecule has 0 aliphatic rings. The molecule has 0 saturated heterocycles. The Labute approximate surface area is 187 Å². The Morgan fingerprint density at radius 1 is 1.03 bits per heavy atom. The van der Waals surface area contributed by atoms with Crippen LogP contribution in [0.5, 0.6) is 11.5 Å². The largest absolute Gasteiger partial charge is 0.493 e. The van der Waals surface area contributed by atoms with Gasteiger partial charge in [0.25, 0.3) is 5.91 Å². The highest BCUT2D eigenvalue weighted by Crippen LogP contribution is 2.31. The number of amides is 1. The zero-order valence-electron chi connectivity index (χ0n) is 18.8. The number of carbonyl (C=O) groups is 1. The molecule has 7 heteroatoms. The maximum absolute atomic E-state index is 13.4. The van der Waals surface area contributed by atoms with Crippen LogP contribution in [-0.2, 0) is 7.05 Å². The van der Waals surface area contributed by atoms with E-state index in [4.69, 9.17) is 14.5 Å². The van der Waals surface area contributed by atoms with E-state index >= 15 is 0 Å². The first-order valence-corrected chi connectivity index (χ1v) is 10.4. The summed E-state index contributed by atoms with van der Waals surface area (Å²) in [7, 11) is 5.03. The van der Waals surface area contributed by atoms with E-state index in [2.05, 4.69) is 10.4 Å². The van der Waals surface area contributed by atoms with Gasteiger partial charge in [-0.05, 0) is 37.6 Å². The number of methoxy groups -OCH3 is 2. The van der Waals surface area contributed by atoms with Crippen LogP contribution in [0.4, 0.5) is 0 Å². The number of pyridine rings is 1. The van der Waals surface area contributed by atoms with Crippen LogP contribution in [0.2, 0.25) is 0 Å². The summed E-state index contributed by atoms with van der Waals surface area (Å²) in [5.41, 5.74) is 4.56. The molecule has 0 spiro atoms. The fourth-order valence-corrected chi connectivity index (χ4v) is 3.86. The average Bonchev–Trinajstić information content (AvgIpc) is 3.11. The lowest BCUT2D eigenvalue weighted by Gasteiger charge is -2.17. The van der Waals surface area contributed by atoms with Crippen LogP contribution in [0.1, 0.15) is 34.6 Å². The molecule has 4 rings (SSSR count). The Morgan fingerprint density at radius 2 is 1.75 bits per heavy atom. The monoisotopic (exact) mass is 430 g/mol. The minimum atomic E-state index is -0.248. The van der Waals surface area contributed by atoms with E-state index in [0.717, 1.165) is 27.9 Å². The number of ether oxygens (including phenoxy) is 2. The van der Waals surface area contributed by atoms with Crippen molar-refractivity contribution in [2.45, 2.75) is 19.9 Å². The summed E-state index contributed by atoms with van der Waals surface area (Å²) in [6.45, 7) is 3.83. The highest BCUT2D eigenvalue weighted by atomic mass is 16.5. The molecule has 0 bridgehead atoms. The van der Waals surface area contributed by atoms with Gasteiger partial charge in [0.2, 0.25) is 0 Å². The van der Waals surface area contributed by atoms with Crippen molar-refractivity contribution in [3.8, 4) is 22.8 Å². The number of fused-ring (bicyclic) bond motifs is 1. The summed E-state index contributed by atoms with van der Waals surface area (Å²) in [5.74, 6) is 1.07.